The van der Waals surface area contributed by atoms with Gasteiger partial charge in [0.2, 0.25) is 5.91 Å². The zero-order chi connectivity index (χ0) is 19.0. The first kappa shape index (κ1) is 19.3. The number of halogens is 6. The smallest absolute Gasteiger partial charge is 0.325 e. The fourth-order valence-electron chi connectivity index (χ4n) is 2.13. The minimum atomic E-state index is -5.08. The van der Waals surface area contributed by atoms with Crippen LogP contribution < -0.4 is 5.32 Å². The first-order chi connectivity index (χ1) is 11.4. The number of hydrogen-bond donors (Lipinski definition) is 1. The SMILES string of the molecule is O=C1CSCC(=O)C1C(=O)Nc1cc(C(F)(F)F)cc(C(F)(F)F)c1. The molecule has 1 saturated heterocycles. The molecule has 0 unspecified atom stereocenters. The van der Waals surface area contributed by atoms with Crippen molar-refractivity contribution < 1.29 is 40.7 Å². The number of ketones is 2. The highest BCUT2D eigenvalue weighted by Gasteiger charge is 2.39. The predicted molar refractivity (Wildman–Crippen MR) is 75.9 cm³/mol. The third kappa shape index (κ3) is 4.53. The van der Waals surface area contributed by atoms with E-state index in [1.165, 1.54) is 0 Å². The van der Waals surface area contributed by atoms with Crippen LogP contribution in [0.3, 0.4) is 0 Å². The van der Waals surface area contributed by atoms with Gasteiger partial charge in [-0.25, -0.2) is 0 Å². The predicted octanol–water partition coefficient (Wildman–Crippen LogP) is 3.16. The van der Waals surface area contributed by atoms with E-state index in [4.69, 9.17) is 0 Å². The van der Waals surface area contributed by atoms with Gasteiger partial charge in [0.25, 0.3) is 0 Å². The van der Waals surface area contributed by atoms with Gasteiger partial charge >= 0.3 is 12.4 Å². The Balaban J connectivity index is 2.36. The van der Waals surface area contributed by atoms with Crippen molar-refractivity contribution in [3.8, 4) is 0 Å². The number of nitrogens with one attached hydrogen (secondary N) is 1. The average Bonchev–Trinajstić information content (AvgIpc) is 2.44. The van der Waals surface area contributed by atoms with Crippen LogP contribution in [0.15, 0.2) is 18.2 Å². The van der Waals surface area contributed by atoms with Crippen LogP contribution >= 0.6 is 11.8 Å². The molecule has 2 rings (SSSR count). The maximum Gasteiger partial charge on any atom is 0.416 e. The molecule has 11 heteroatoms. The third-order valence-corrected chi connectivity index (χ3v) is 4.23. The van der Waals surface area contributed by atoms with Crippen LogP contribution in [0.1, 0.15) is 11.1 Å². The van der Waals surface area contributed by atoms with Crippen molar-refractivity contribution in [2.24, 2.45) is 5.92 Å². The second-order valence-corrected chi connectivity index (χ2v) is 6.13. The number of carbonyl (C=O) groups is 3. The molecular weight excluding hydrogens is 376 g/mol. The lowest BCUT2D eigenvalue weighted by atomic mass is 9.99. The average molecular weight is 385 g/mol. The van der Waals surface area contributed by atoms with Crippen LogP contribution in [0.4, 0.5) is 32.0 Å². The van der Waals surface area contributed by atoms with Gasteiger partial charge in [-0.05, 0) is 18.2 Å². The summed E-state index contributed by atoms with van der Waals surface area (Å²) in [6.45, 7) is 0. The summed E-state index contributed by atoms with van der Waals surface area (Å²) in [6, 6.07) is 0.516. The third-order valence-electron chi connectivity index (χ3n) is 3.25. The monoisotopic (exact) mass is 385 g/mol. The summed E-state index contributed by atoms with van der Waals surface area (Å²) in [5.74, 6) is -4.75. The molecule has 4 nitrogen and oxygen atoms in total. The molecule has 1 heterocycles. The summed E-state index contributed by atoms with van der Waals surface area (Å²) in [6.07, 6.45) is -10.2. The van der Waals surface area contributed by atoms with Crippen LogP contribution in [0.2, 0.25) is 0 Å². The fraction of sp³-hybridized carbons (Fsp3) is 0.357. The second-order valence-electron chi connectivity index (χ2n) is 5.14. The minimum absolute atomic E-state index is 0.0940. The maximum absolute atomic E-state index is 12.8. The van der Waals surface area contributed by atoms with E-state index in [0.717, 1.165) is 11.8 Å². The molecule has 1 amide bonds. The highest BCUT2D eigenvalue weighted by molar-refractivity contribution is 8.00. The normalized spacial score (nSPS) is 16.9. The molecule has 25 heavy (non-hydrogen) atoms. The van der Waals surface area contributed by atoms with Crippen LogP contribution in [0.5, 0.6) is 0 Å². The Morgan fingerprint density at radius 3 is 1.76 bits per heavy atom. The van der Waals surface area contributed by atoms with Gasteiger partial charge in [0, 0.05) is 5.69 Å². The number of carbonyl (C=O) groups excluding carboxylic acids is 3. The van der Waals surface area contributed by atoms with Gasteiger partial charge < -0.3 is 5.32 Å². The summed E-state index contributed by atoms with van der Waals surface area (Å²) in [5, 5.41) is 1.81. The molecule has 1 aromatic carbocycles. The molecule has 0 radical (unpaired) electrons. The highest BCUT2D eigenvalue weighted by Crippen LogP contribution is 2.37. The molecule has 0 saturated carbocycles. The Kier molecular flexibility index (Phi) is 5.17. The van der Waals surface area contributed by atoms with E-state index in [0.29, 0.717) is 12.1 Å². The lowest BCUT2D eigenvalue weighted by Gasteiger charge is -2.19. The molecule has 0 aromatic heterocycles. The Hall–Kier alpha value is -2.04. The molecule has 1 N–H and O–H groups in total. The maximum atomic E-state index is 12.8. The van der Waals surface area contributed by atoms with Crippen molar-refractivity contribution in [2.75, 3.05) is 16.8 Å². The molecule has 1 fully saturated rings. The number of benzene rings is 1. The van der Waals surface area contributed by atoms with E-state index >= 15 is 0 Å². The summed E-state index contributed by atoms with van der Waals surface area (Å²) >= 11 is 0.974. The number of Topliss-reactive ketones (excluding diaryl/α,β-unsaturated/α-hetero) is 2. The highest BCUT2D eigenvalue weighted by atomic mass is 32.2. The van der Waals surface area contributed by atoms with E-state index in [1.807, 2.05) is 5.32 Å². The molecule has 1 aliphatic rings. The molecular formula is C14H9F6NO3S. The summed E-state index contributed by atoms with van der Waals surface area (Å²) in [5.41, 5.74) is -4.03. The molecule has 0 atom stereocenters. The summed E-state index contributed by atoms with van der Waals surface area (Å²) in [7, 11) is 0. The van der Waals surface area contributed by atoms with E-state index in [9.17, 15) is 40.7 Å². The number of amides is 1. The summed E-state index contributed by atoms with van der Waals surface area (Å²) in [4.78, 5) is 35.2. The van der Waals surface area contributed by atoms with Gasteiger partial charge in [0.05, 0.1) is 22.6 Å². The van der Waals surface area contributed by atoms with Crippen molar-refractivity contribution in [3.05, 3.63) is 29.3 Å². The molecule has 0 spiro atoms. The van der Waals surface area contributed by atoms with Crippen molar-refractivity contribution in [1.82, 2.24) is 0 Å². The number of alkyl halides is 6. The summed E-state index contributed by atoms with van der Waals surface area (Å²) < 4.78 is 76.6. The minimum Gasteiger partial charge on any atom is -0.325 e. The quantitative estimate of drug-likeness (QED) is 0.628. The zero-order valence-corrected chi connectivity index (χ0v) is 12.9. The van der Waals surface area contributed by atoms with Crippen molar-refractivity contribution in [2.45, 2.75) is 12.4 Å². The lowest BCUT2D eigenvalue weighted by molar-refractivity contribution is -0.143. The molecule has 136 valence electrons. The van der Waals surface area contributed by atoms with E-state index < -0.39 is 52.6 Å². The van der Waals surface area contributed by atoms with Gasteiger partial charge in [-0.2, -0.15) is 26.3 Å². The Bertz CT molecular complexity index is 680. The van der Waals surface area contributed by atoms with Crippen LogP contribution in [0.25, 0.3) is 0 Å². The van der Waals surface area contributed by atoms with Gasteiger partial charge in [-0.3, -0.25) is 14.4 Å². The number of thioether (sulfide) groups is 1. The van der Waals surface area contributed by atoms with E-state index in [1.54, 1.807) is 0 Å². The standard InChI is InChI=1S/C14H9F6NO3S/c15-13(16,17)6-1-7(14(18,19)20)3-8(2-6)21-12(24)11-9(22)4-25-5-10(11)23/h1-3,11H,4-5H2,(H,21,24). The van der Waals surface area contributed by atoms with E-state index in [-0.39, 0.29) is 17.6 Å². The van der Waals surface area contributed by atoms with Crippen molar-refractivity contribution >= 4 is 34.9 Å². The van der Waals surface area contributed by atoms with Gasteiger partial charge in [-0.1, -0.05) is 0 Å². The van der Waals surface area contributed by atoms with Gasteiger partial charge in [0.1, 0.15) is 0 Å². The molecule has 0 aliphatic carbocycles. The number of hydrogen-bond acceptors (Lipinski definition) is 4. The fourth-order valence-corrected chi connectivity index (χ4v) is 2.97. The molecule has 1 aromatic rings. The largest absolute Gasteiger partial charge is 0.416 e. The molecule has 1 aliphatic heterocycles. The Labute approximate surface area is 140 Å². The zero-order valence-electron chi connectivity index (χ0n) is 12.1. The van der Waals surface area contributed by atoms with Crippen LogP contribution in [0, 0.1) is 5.92 Å². The van der Waals surface area contributed by atoms with Crippen LogP contribution in [-0.2, 0) is 26.7 Å². The van der Waals surface area contributed by atoms with Gasteiger partial charge in [-0.15, -0.1) is 11.8 Å². The van der Waals surface area contributed by atoms with E-state index in [2.05, 4.69) is 0 Å². The second kappa shape index (κ2) is 6.70. The van der Waals surface area contributed by atoms with Crippen LogP contribution in [-0.4, -0.2) is 29.0 Å². The Morgan fingerprint density at radius 1 is 0.920 bits per heavy atom. The number of rotatable bonds is 2. The first-order valence-electron chi connectivity index (χ1n) is 6.63. The topological polar surface area (TPSA) is 63.2 Å². The Morgan fingerprint density at radius 2 is 1.36 bits per heavy atom. The lowest BCUT2D eigenvalue weighted by Crippen LogP contribution is -2.41. The number of anilines is 1. The van der Waals surface area contributed by atoms with Crippen molar-refractivity contribution in [3.63, 3.8) is 0 Å². The van der Waals surface area contributed by atoms with Crippen molar-refractivity contribution in [1.29, 1.82) is 0 Å². The molecule has 0 bridgehead atoms. The van der Waals surface area contributed by atoms with Gasteiger partial charge in [0.15, 0.2) is 17.5 Å². The first-order valence-corrected chi connectivity index (χ1v) is 7.78.